The standard InChI is InChI=1S/C56H78Cl4N8O8S2/c1-65(2)51-37-45-47(33-39(57)35-49(45)59)53(51)75-43-23-19-41(20-24-43)67(77(71)72)31-17-11-7-5-9-13-27-61-55(69)63-29-15-16-30-64-56(70)62-28-14-10-6-8-12-18-32-68(78(73)74)42-21-25-44(26-22-42)76-54-48-34-40(58)36-50(60)46(48)38-52(54)66(3)4/h19-26,33-36,51-54H,5-18,27-32,37-38H2,1-4H3,(H,71,72)(H,73,74)(H2,61,63,69)(H2,62,64,70)/p-2/t51-,52-,53-,54-/m0/s1. The highest BCUT2D eigenvalue weighted by molar-refractivity contribution is 7.80. The molecule has 2 unspecified atom stereocenters. The fourth-order valence-corrected chi connectivity index (χ4v) is 12.4. The molecule has 430 valence electrons. The van der Waals surface area contributed by atoms with Gasteiger partial charge in [0.2, 0.25) is 0 Å². The largest absolute Gasteiger partial charge is 0.755 e. The summed E-state index contributed by atoms with van der Waals surface area (Å²) in [6, 6.07) is 21.3. The average Bonchev–Trinajstić information content (AvgIpc) is 4.11. The Morgan fingerprint density at radius 2 is 0.808 bits per heavy atom. The zero-order valence-corrected chi connectivity index (χ0v) is 49.8. The summed E-state index contributed by atoms with van der Waals surface area (Å²) in [4.78, 5) is 28.7. The number of carbonyl (C=O) groups excluding carboxylic acids is 2. The minimum absolute atomic E-state index is 0.0641. The molecule has 0 saturated heterocycles. The normalized spacial score (nSPS) is 17.3. The Labute approximate surface area is 486 Å². The SMILES string of the molecule is CN(C)[C@H]1Cc2c(Cl)cc(Cl)cc2[C@@H]1Oc1ccc(N(CCCCCCCCNC(=O)NCCCCNC(=O)NCCCCCCCCN(c2ccc(O[C@H]3c4cc(Cl)cc(Cl)c4C[C@@H]3N(C)C)cc2)S(=O)[O-])S(=O)[O-])cc1. The van der Waals surface area contributed by atoms with Crippen LogP contribution >= 0.6 is 46.4 Å². The minimum atomic E-state index is -2.42. The van der Waals surface area contributed by atoms with E-state index in [-0.39, 0.29) is 36.4 Å². The number of carbonyl (C=O) groups is 2. The molecule has 0 aliphatic heterocycles. The van der Waals surface area contributed by atoms with Crippen LogP contribution in [0.15, 0.2) is 72.8 Å². The van der Waals surface area contributed by atoms with Crippen LogP contribution in [0.4, 0.5) is 21.0 Å². The van der Waals surface area contributed by atoms with Gasteiger partial charge in [-0.3, -0.25) is 8.42 Å². The van der Waals surface area contributed by atoms with E-state index in [1.807, 2.05) is 40.3 Å². The number of hydrogen-bond acceptors (Lipinski definition) is 10. The van der Waals surface area contributed by atoms with Gasteiger partial charge in [-0.05, 0) is 163 Å². The van der Waals surface area contributed by atoms with Gasteiger partial charge in [0.25, 0.3) is 0 Å². The van der Waals surface area contributed by atoms with Crippen LogP contribution in [0.1, 0.15) is 124 Å². The second-order valence-corrected chi connectivity index (χ2v) is 23.8. The second-order valence-electron chi connectivity index (χ2n) is 20.4. The maximum absolute atomic E-state index is 12.2. The zero-order valence-electron chi connectivity index (χ0n) is 45.2. The van der Waals surface area contributed by atoms with E-state index in [0.29, 0.717) is 82.2 Å². The Morgan fingerprint density at radius 1 is 0.500 bits per heavy atom. The molecule has 6 atom stereocenters. The van der Waals surface area contributed by atoms with Gasteiger partial charge in [-0.25, -0.2) is 9.59 Å². The van der Waals surface area contributed by atoms with Crippen LogP contribution in [0, 0.1) is 0 Å². The van der Waals surface area contributed by atoms with E-state index in [4.69, 9.17) is 55.9 Å². The summed E-state index contributed by atoms with van der Waals surface area (Å²) in [5, 5.41) is 13.9. The molecular formula is C56H76Cl4N8O8S2-2. The number of halogens is 4. The van der Waals surface area contributed by atoms with Crippen molar-refractivity contribution in [2.45, 2.75) is 127 Å². The maximum Gasteiger partial charge on any atom is 0.314 e. The van der Waals surface area contributed by atoms with Crippen LogP contribution in [0.2, 0.25) is 20.1 Å². The molecule has 0 spiro atoms. The second kappa shape index (κ2) is 32.4. The van der Waals surface area contributed by atoms with Crippen LogP contribution in [0.3, 0.4) is 0 Å². The average molecular weight is 1200 g/mol. The molecule has 78 heavy (non-hydrogen) atoms. The molecule has 2 aliphatic rings. The van der Waals surface area contributed by atoms with Crippen LogP contribution in [-0.2, 0) is 35.4 Å². The molecule has 0 radical (unpaired) electrons. The van der Waals surface area contributed by atoms with Gasteiger partial charge in [-0.15, -0.1) is 0 Å². The van der Waals surface area contributed by atoms with Crippen molar-refractivity contribution in [1.82, 2.24) is 31.1 Å². The molecule has 0 heterocycles. The van der Waals surface area contributed by atoms with E-state index < -0.39 is 22.5 Å². The topological polar surface area (TPSA) is 194 Å². The van der Waals surface area contributed by atoms with Crippen molar-refractivity contribution < 1.29 is 36.6 Å². The lowest BCUT2D eigenvalue weighted by atomic mass is 10.1. The van der Waals surface area contributed by atoms with Gasteiger partial charge in [0.15, 0.2) is 0 Å². The van der Waals surface area contributed by atoms with Gasteiger partial charge in [0.1, 0.15) is 23.7 Å². The summed E-state index contributed by atoms with van der Waals surface area (Å²) in [6.45, 7) is 2.91. The summed E-state index contributed by atoms with van der Waals surface area (Å²) in [6.07, 6.45) is 13.1. The highest BCUT2D eigenvalue weighted by Crippen LogP contribution is 2.44. The van der Waals surface area contributed by atoms with E-state index in [2.05, 4.69) is 31.1 Å². The molecule has 0 bridgehead atoms. The quantitative estimate of drug-likeness (QED) is 0.0263. The number of nitrogens with one attached hydrogen (secondary N) is 4. The summed E-state index contributed by atoms with van der Waals surface area (Å²) >= 11 is 20.9. The highest BCUT2D eigenvalue weighted by Gasteiger charge is 2.39. The van der Waals surface area contributed by atoms with Crippen molar-refractivity contribution >= 4 is 92.4 Å². The first-order valence-corrected chi connectivity index (χ1v) is 30.7. The van der Waals surface area contributed by atoms with Gasteiger partial charge in [-0.1, -0.05) is 97.8 Å². The summed E-state index contributed by atoms with van der Waals surface area (Å²) in [5.74, 6) is 1.25. The van der Waals surface area contributed by atoms with Crippen molar-refractivity contribution in [3.8, 4) is 11.5 Å². The molecule has 4 aromatic carbocycles. The van der Waals surface area contributed by atoms with Gasteiger partial charge >= 0.3 is 12.1 Å². The van der Waals surface area contributed by atoms with Crippen molar-refractivity contribution in [1.29, 1.82) is 0 Å². The number of rotatable bonds is 33. The zero-order chi connectivity index (χ0) is 56.1. The van der Waals surface area contributed by atoms with Crippen LogP contribution in [-0.4, -0.2) is 119 Å². The van der Waals surface area contributed by atoms with Crippen molar-refractivity contribution in [2.75, 3.05) is 76.1 Å². The van der Waals surface area contributed by atoms with E-state index in [0.717, 1.165) is 125 Å². The number of nitrogens with zero attached hydrogens (tertiary/aromatic N) is 4. The van der Waals surface area contributed by atoms with Crippen LogP contribution in [0.25, 0.3) is 0 Å². The van der Waals surface area contributed by atoms with Crippen LogP contribution in [0.5, 0.6) is 11.5 Å². The number of hydrogen-bond donors (Lipinski definition) is 4. The summed E-state index contributed by atoms with van der Waals surface area (Å²) < 4.78 is 64.4. The number of fused-ring (bicyclic) bond motifs is 2. The monoisotopic (exact) mass is 1190 g/mol. The van der Waals surface area contributed by atoms with Crippen molar-refractivity contribution in [3.05, 3.63) is 115 Å². The predicted octanol–water partition coefficient (Wildman–Crippen LogP) is 11.5. The van der Waals surface area contributed by atoms with Gasteiger partial charge in [0, 0.05) is 104 Å². The fourth-order valence-electron chi connectivity index (χ4n) is 10.0. The van der Waals surface area contributed by atoms with Crippen molar-refractivity contribution in [3.63, 3.8) is 0 Å². The summed E-state index contributed by atoms with van der Waals surface area (Å²) in [7, 11) is 8.02. The molecule has 6 rings (SSSR count). The number of amides is 4. The number of anilines is 2. The van der Waals surface area contributed by atoms with Gasteiger partial charge in [0.05, 0.1) is 12.1 Å². The van der Waals surface area contributed by atoms with E-state index in [9.17, 15) is 27.1 Å². The third-order valence-electron chi connectivity index (χ3n) is 14.3. The molecule has 0 saturated carbocycles. The molecule has 4 aromatic rings. The Hall–Kier alpha value is -4.08. The number of ether oxygens (including phenoxy) is 2. The molecular weight excluding hydrogens is 1120 g/mol. The highest BCUT2D eigenvalue weighted by atomic mass is 35.5. The molecule has 16 nitrogen and oxygen atoms in total. The van der Waals surface area contributed by atoms with E-state index in [1.54, 1.807) is 60.7 Å². The number of benzene rings is 4. The Kier molecular flexibility index (Phi) is 26.2. The molecule has 0 aromatic heterocycles. The lowest BCUT2D eigenvalue weighted by molar-refractivity contribution is 0.111. The maximum atomic E-state index is 12.2. The first-order chi connectivity index (χ1) is 37.5. The minimum Gasteiger partial charge on any atom is -0.755 e. The van der Waals surface area contributed by atoms with Gasteiger partial charge in [-0.2, -0.15) is 0 Å². The molecule has 4 amide bonds. The summed E-state index contributed by atoms with van der Waals surface area (Å²) in [5.41, 5.74) is 5.13. The molecule has 2 aliphatic carbocycles. The fraction of sp³-hybridized carbons (Fsp3) is 0.536. The number of likely N-dealkylation sites (N-methyl/N-ethyl adjacent to an activating group) is 2. The molecule has 4 N–H and O–H groups in total. The molecule has 22 heteroatoms. The number of urea groups is 2. The van der Waals surface area contributed by atoms with Crippen LogP contribution < -0.4 is 39.4 Å². The first kappa shape index (κ1) is 63.1. The predicted molar refractivity (Wildman–Crippen MR) is 315 cm³/mol. The third-order valence-corrected chi connectivity index (χ3v) is 16.9. The molecule has 0 fully saturated rings. The van der Waals surface area contributed by atoms with Gasteiger partial charge < -0.3 is 58.3 Å². The lowest BCUT2D eigenvalue weighted by Crippen LogP contribution is -2.38. The van der Waals surface area contributed by atoms with E-state index >= 15 is 0 Å². The Morgan fingerprint density at radius 3 is 1.13 bits per heavy atom. The third kappa shape index (κ3) is 19.3. The van der Waals surface area contributed by atoms with Crippen molar-refractivity contribution in [2.24, 2.45) is 0 Å². The Balaban J connectivity index is 0.721. The first-order valence-electron chi connectivity index (χ1n) is 27.1. The number of unbranched alkanes of at least 4 members (excludes halogenated alkanes) is 11. The lowest BCUT2D eigenvalue weighted by Gasteiger charge is -2.28. The van der Waals surface area contributed by atoms with E-state index in [1.165, 1.54) is 8.61 Å². The Bertz CT molecular complexity index is 2410. The smallest absolute Gasteiger partial charge is 0.314 e.